The van der Waals surface area contributed by atoms with Crippen LogP contribution >= 0.6 is 24.8 Å². The Kier molecular flexibility index (Phi) is 11.2. The van der Waals surface area contributed by atoms with Crippen molar-refractivity contribution in [1.82, 2.24) is 24.8 Å². The zero-order chi connectivity index (χ0) is 28.5. The number of fused-ring (bicyclic) bond motifs is 1. The van der Waals surface area contributed by atoms with Gasteiger partial charge in [0.25, 0.3) is 0 Å². The molecular formula is C24H34N6O7S2. The maximum Gasteiger partial charge on any atom is 0.303 e. The Balaban J connectivity index is 1.78. The normalized spacial score (nSPS) is 20.4. The summed E-state index contributed by atoms with van der Waals surface area (Å²) in [6, 6.07) is 0. The van der Waals surface area contributed by atoms with Crippen LogP contribution in [0.2, 0.25) is 0 Å². The third-order valence-electron chi connectivity index (χ3n) is 5.78. The Labute approximate surface area is 237 Å². The second kappa shape index (κ2) is 14.4. The lowest BCUT2D eigenvalue weighted by Crippen LogP contribution is -2.40. The van der Waals surface area contributed by atoms with Crippen LogP contribution in [0.25, 0.3) is 11.2 Å². The first kappa shape index (κ1) is 30.5. The first-order valence-electron chi connectivity index (χ1n) is 12.6. The maximum absolute atomic E-state index is 12.0. The lowest BCUT2D eigenvalue weighted by atomic mass is 10.1. The Morgan fingerprint density at radius 1 is 1.00 bits per heavy atom. The van der Waals surface area contributed by atoms with Gasteiger partial charge in [0.05, 0.1) is 11.3 Å². The zero-order valence-electron chi connectivity index (χ0n) is 22.3. The molecule has 0 saturated carbocycles. The van der Waals surface area contributed by atoms with Gasteiger partial charge in [-0.3, -0.25) is 19.0 Å². The number of aromatic nitrogens is 4. The Morgan fingerprint density at radius 3 is 2.31 bits per heavy atom. The van der Waals surface area contributed by atoms with E-state index in [1.807, 2.05) is 6.92 Å². The number of imidazole rings is 1. The predicted octanol–water partition coefficient (Wildman–Crippen LogP) is 2.35. The predicted molar refractivity (Wildman–Crippen MR) is 147 cm³/mol. The summed E-state index contributed by atoms with van der Waals surface area (Å²) in [6.45, 7) is 6.89. The molecule has 1 aliphatic heterocycles. The third kappa shape index (κ3) is 8.73. The molecule has 0 bridgehead atoms. The molecule has 2 aromatic heterocycles. The van der Waals surface area contributed by atoms with Gasteiger partial charge in [0.2, 0.25) is 5.95 Å². The molecule has 0 amide bonds. The number of nitrogens with zero attached hydrogens (tertiary/aromatic N) is 4. The van der Waals surface area contributed by atoms with Gasteiger partial charge in [-0.15, -0.1) is 12.6 Å². The van der Waals surface area contributed by atoms with Crippen LogP contribution in [-0.2, 0) is 33.3 Å². The molecule has 3 rings (SSSR count). The summed E-state index contributed by atoms with van der Waals surface area (Å²) in [4.78, 5) is 49.4. The van der Waals surface area contributed by atoms with Crippen molar-refractivity contribution in [3.05, 3.63) is 6.33 Å². The SMILES string of the molecule is CC(=O)OC[C@H]1O[C@@H](n2cnc3c(S)nc(NCCCCCCNC(C)=S)nc32)C(OC(C)=O)C1OC(C)=O. The highest BCUT2D eigenvalue weighted by Crippen LogP contribution is 2.36. The molecule has 1 saturated heterocycles. The number of rotatable bonds is 13. The van der Waals surface area contributed by atoms with Crippen molar-refractivity contribution in [3.63, 3.8) is 0 Å². The van der Waals surface area contributed by atoms with Gasteiger partial charge < -0.3 is 29.6 Å². The number of thiocarbonyl (C=S) groups is 1. The minimum absolute atomic E-state index is 0.213. The molecule has 0 aliphatic carbocycles. The summed E-state index contributed by atoms with van der Waals surface area (Å²) in [6.07, 6.45) is 1.53. The van der Waals surface area contributed by atoms with E-state index >= 15 is 0 Å². The van der Waals surface area contributed by atoms with E-state index in [9.17, 15) is 14.4 Å². The molecule has 1 aliphatic rings. The van der Waals surface area contributed by atoms with Gasteiger partial charge >= 0.3 is 17.9 Å². The molecule has 1 fully saturated rings. The van der Waals surface area contributed by atoms with Gasteiger partial charge in [-0.2, -0.15) is 4.98 Å². The lowest BCUT2D eigenvalue weighted by Gasteiger charge is -2.23. The number of thiol groups is 1. The Hall–Kier alpha value is -3.04. The summed E-state index contributed by atoms with van der Waals surface area (Å²) in [5.74, 6) is -1.41. The van der Waals surface area contributed by atoms with Gasteiger partial charge in [-0.25, -0.2) is 9.97 Å². The van der Waals surface area contributed by atoms with Gasteiger partial charge in [0, 0.05) is 33.9 Å². The van der Waals surface area contributed by atoms with Gasteiger partial charge in [0.15, 0.2) is 24.1 Å². The molecule has 2 aromatic rings. The largest absolute Gasteiger partial charge is 0.463 e. The average molecular weight is 583 g/mol. The molecule has 0 spiro atoms. The van der Waals surface area contributed by atoms with Crippen LogP contribution in [0, 0.1) is 0 Å². The van der Waals surface area contributed by atoms with Crippen molar-refractivity contribution >= 4 is 64.9 Å². The van der Waals surface area contributed by atoms with E-state index < -0.39 is 42.4 Å². The quantitative estimate of drug-likeness (QED) is 0.0791. The number of anilines is 1. The number of nitrogens with one attached hydrogen (secondary N) is 2. The van der Waals surface area contributed by atoms with E-state index in [-0.39, 0.29) is 6.61 Å². The minimum Gasteiger partial charge on any atom is -0.463 e. The Bertz CT molecular complexity index is 1190. The molecule has 2 unspecified atom stereocenters. The van der Waals surface area contributed by atoms with E-state index in [1.54, 1.807) is 4.57 Å². The average Bonchev–Trinajstić information content (AvgIpc) is 3.40. The van der Waals surface area contributed by atoms with E-state index in [2.05, 4.69) is 38.2 Å². The first-order chi connectivity index (χ1) is 18.6. The van der Waals surface area contributed by atoms with E-state index in [0.717, 1.165) is 37.2 Å². The molecular weight excluding hydrogens is 548 g/mol. The van der Waals surface area contributed by atoms with Crippen LogP contribution in [0.3, 0.4) is 0 Å². The highest BCUT2D eigenvalue weighted by atomic mass is 32.1. The fraction of sp³-hybridized carbons (Fsp3) is 0.625. The second-order valence-electron chi connectivity index (χ2n) is 9.03. The fourth-order valence-corrected chi connectivity index (χ4v) is 4.51. The van der Waals surface area contributed by atoms with Crippen LogP contribution in [0.15, 0.2) is 11.4 Å². The molecule has 3 heterocycles. The van der Waals surface area contributed by atoms with Crippen LogP contribution in [0.1, 0.15) is 59.6 Å². The maximum atomic E-state index is 12.0. The van der Waals surface area contributed by atoms with Crippen molar-refractivity contribution < 1.29 is 33.3 Å². The topological polar surface area (TPSA) is 156 Å². The second-order valence-corrected chi connectivity index (χ2v) is 10.1. The van der Waals surface area contributed by atoms with E-state index in [0.29, 0.717) is 28.7 Å². The third-order valence-corrected chi connectivity index (χ3v) is 6.23. The van der Waals surface area contributed by atoms with Crippen LogP contribution in [-0.4, -0.2) is 80.4 Å². The molecule has 4 atom stereocenters. The minimum atomic E-state index is -1.06. The van der Waals surface area contributed by atoms with Gasteiger partial charge in [-0.05, 0) is 19.8 Å². The molecule has 13 nitrogen and oxygen atoms in total. The molecule has 2 N–H and O–H groups in total. The number of hydrogen-bond acceptors (Lipinski definition) is 13. The molecule has 0 radical (unpaired) electrons. The number of hydrogen-bond donors (Lipinski definition) is 3. The number of carbonyl (C=O) groups excluding carboxylic acids is 3. The highest BCUT2D eigenvalue weighted by Gasteiger charge is 2.51. The van der Waals surface area contributed by atoms with Crippen molar-refractivity contribution in [2.24, 2.45) is 0 Å². The summed E-state index contributed by atoms with van der Waals surface area (Å²) in [7, 11) is 0. The van der Waals surface area contributed by atoms with Gasteiger partial charge in [0.1, 0.15) is 23.3 Å². The Morgan fingerprint density at radius 2 is 1.67 bits per heavy atom. The van der Waals surface area contributed by atoms with Crippen LogP contribution in [0.4, 0.5) is 5.95 Å². The summed E-state index contributed by atoms with van der Waals surface area (Å²) >= 11 is 9.48. The molecule has 15 heteroatoms. The number of carbonyl (C=O) groups is 3. The van der Waals surface area contributed by atoms with E-state index in [4.69, 9.17) is 31.2 Å². The van der Waals surface area contributed by atoms with Crippen LogP contribution < -0.4 is 10.6 Å². The van der Waals surface area contributed by atoms with Crippen molar-refractivity contribution in [2.45, 2.75) is 82.9 Å². The molecule has 0 aromatic carbocycles. The van der Waals surface area contributed by atoms with Crippen molar-refractivity contribution in [1.29, 1.82) is 0 Å². The summed E-state index contributed by atoms with van der Waals surface area (Å²) in [5.41, 5.74) is 0.777. The van der Waals surface area contributed by atoms with Crippen molar-refractivity contribution in [3.8, 4) is 0 Å². The summed E-state index contributed by atoms with van der Waals surface area (Å²) in [5, 5.41) is 6.70. The molecule has 214 valence electrons. The standard InChI is InChI=1S/C24H34N6O7S2/c1-13(38)25-9-7-5-6-8-10-26-24-28-21-18(22(39)29-24)27-12-30(21)23-20(36-16(4)33)19(35-15(3)32)17(37-23)11-34-14(2)31/h12,17,19-20,23H,5-11H2,1-4H3,(H,25,38)(H2,26,28,29,39)/t17-,19?,20?,23-/m1/s1. The van der Waals surface area contributed by atoms with Gasteiger partial charge in [-0.1, -0.05) is 25.1 Å². The van der Waals surface area contributed by atoms with Crippen molar-refractivity contribution in [2.75, 3.05) is 25.0 Å². The van der Waals surface area contributed by atoms with E-state index in [1.165, 1.54) is 27.1 Å². The fourth-order valence-electron chi connectivity index (χ4n) is 4.15. The zero-order valence-corrected chi connectivity index (χ0v) is 24.0. The van der Waals surface area contributed by atoms with Crippen LogP contribution in [0.5, 0.6) is 0 Å². The number of unbranched alkanes of at least 4 members (excludes halogenated alkanes) is 3. The number of ether oxygens (including phenoxy) is 4. The molecule has 39 heavy (non-hydrogen) atoms. The summed E-state index contributed by atoms with van der Waals surface area (Å²) < 4.78 is 23.7. The highest BCUT2D eigenvalue weighted by molar-refractivity contribution is 7.80. The number of esters is 3. The monoisotopic (exact) mass is 582 g/mol. The lowest BCUT2D eigenvalue weighted by molar-refractivity contribution is -0.166. The smallest absolute Gasteiger partial charge is 0.303 e. The first-order valence-corrected chi connectivity index (χ1v) is 13.5.